The molecule has 2 aromatic rings. The molecule has 1 saturated carbocycles. The molecule has 7 heteroatoms. The first-order valence-corrected chi connectivity index (χ1v) is 9.70. The van der Waals surface area contributed by atoms with Gasteiger partial charge in [0.25, 0.3) is 5.91 Å². The molecule has 6 nitrogen and oxygen atoms in total. The SMILES string of the molecule is CN=C(NCCNC(=O)c1ccc(OC)cc1)NCC1(c2ccccc2F)CC1. The van der Waals surface area contributed by atoms with E-state index in [1.807, 2.05) is 12.1 Å². The zero-order chi connectivity index (χ0) is 20.7. The van der Waals surface area contributed by atoms with Crippen LogP contribution in [-0.2, 0) is 5.41 Å². The predicted molar refractivity (Wildman–Crippen MR) is 112 cm³/mol. The fourth-order valence-electron chi connectivity index (χ4n) is 3.26. The molecule has 0 heterocycles. The van der Waals surface area contributed by atoms with Crippen molar-refractivity contribution in [3.8, 4) is 5.75 Å². The number of amides is 1. The largest absolute Gasteiger partial charge is 0.497 e. The second-order valence-electron chi connectivity index (χ2n) is 7.10. The third-order valence-electron chi connectivity index (χ3n) is 5.17. The fourth-order valence-corrected chi connectivity index (χ4v) is 3.26. The van der Waals surface area contributed by atoms with E-state index in [1.165, 1.54) is 6.07 Å². The van der Waals surface area contributed by atoms with Crippen molar-refractivity contribution >= 4 is 11.9 Å². The zero-order valence-corrected chi connectivity index (χ0v) is 16.8. The Morgan fingerprint density at radius 3 is 2.38 bits per heavy atom. The molecular formula is C22H27FN4O2. The molecule has 2 aromatic carbocycles. The average Bonchev–Trinajstić information content (AvgIpc) is 3.54. The van der Waals surface area contributed by atoms with Gasteiger partial charge in [0.05, 0.1) is 7.11 Å². The summed E-state index contributed by atoms with van der Waals surface area (Å²) < 4.78 is 19.2. The summed E-state index contributed by atoms with van der Waals surface area (Å²) in [6.07, 6.45) is 1.91. The second kappa shape index (κ2) is 9.41. The summed E-state index contributed by atoms with van der Waals surface area (Å²) >= 11 is 0. The van der Waals surface area contributed by atoms with Gasteiger partial charge in [-0.2, -0.15) is 0 Å². The fraction of sp³-hybridized carbons (Fsp3) is 0.364. The van der Waals surface area contributed by atoms with Crippen molar-refractivity contribution < 1.29 is 13.9 Å². The highest BCUT2D eigenvalue weighted by molar-refractivity contribution is 5.94. The van der Waals surface area contributed by atoms with Crippen molar-refractivity contribution in [1.82, 2.24) is 16.0 Å². The van der Waals surface area contributed by atoms with E-state index in [9.17, 15) is 9.18 Å². The van der Waals surface area contributed by atoms with Crippen molar-refractivity contribution in [2.75, 3.05) is 33.8 Å². The molecule has 0 radical (unpaired) electrons. The summed E-state index contributed by atoms with van der Waals surface area (Å²) in [5, 5.41) is 9.31. The lowest BCUT2D eigenvalue weighted by Crippen LogP contribution is -2.44. The molecule has 1 aliphatic rings. The van der Waals surface area contributed by atoms with Gasteiger partial charge in [-0.25, -0.2) is 4.39 Å². The van der Waals surface area contributed by atoms with Gasteiger partial charge < -0.3 is 20.7 Å². The van der Waals surface area contributed by atoms with Crippen LogP contribution in [0.4, 0.5) is 4.39 Å². The molecular weight excluding hydrogens is 371 g/mol. The summed E-state index contributed by atoms with van der Waals surface area (Å²) in [6, 6.07) is 13.9. The Hall–Kier alpha value is -3.09. The summed E-state index contributed by atoms with van der Waals surface area (Å²) in [5.74, 6) is 1.04. The number of methoxy groups -OCH3 is 1. The molecule has 29 heavy (non-hydrogen) atoms. The van der Waals surface area contributed by atoms with E-state index in [0.29, 0.717) is 36.9 Å². The molecule has 154 valence electrons. The van der Waals surface area contributed by atoms with Crippen LogP contribution in [0.5, 0.6) is 5.75 Å². The van der Waals surface area contributed by atoms with Crippen LogP contribution in [0.15, 0.2) is 53.5 Å². The summed E-state index contributed by atoms with van der Waals surface area (Å²) in [7, 11) is 3.27. The van der Waals surface area contributed by atoms with E-state index in [2.05, 4.69) is 20.9 Å². The molecule has 0 aromatic heterocycles. The molecule has 1 fully saturated rings. The Bertz CT molecular complexity index is 863. The molecule has 3 rings (SSSR count). The van der Waals surface area contributed by atoms with Gasteiger partial charge in [-0.15, -0.1) is 0 Å². The monoisotopic (exact) mass is 398 g/mol. The quantitative estimate of drug-likeness (QED) is 0.363. The Labute approximate surface area is 170 Å². The number of hydrogen-bond acceptors (Lipinski definition) is 3. The molecule has 1 aliphatic carbocycles. The van der Waals surface area contributed by atoms with Crippen LogP contribution in [-0.4, -0.2) is 45.7 Å². The number of rotatable bonds is 8. The van der Waals surface area contributed by atoms with E-state index in [0.717, 1.165) is 18.4 Å². The number of carbonyl (C=O) groups is 1. The number of halogens is 1. The molecule has 0 atom stereocenters. The maximum absolute atomic E-state index is 14.1. The first-order valence-electron chi connectivity index (χ1n) is 9.70. The molecule has 1 amide bonds. The van der Waals surface area contributed by atoms with Gasteiger partial charge >= 0.3 is 0 Å². The van der Waals surface area contributed by atoms with Gasteiger partial charge in [0, 0.05) is 37.7 Å². The Balaban J connectivity index is 1.42. The summed E-state index contributed by atoms with van der Waals surface area (Å²) in [4.78, 5) is 16.4. The van der Waals surface area contributed by atoms with Gasteiger partial charge in [-0.3, -0.25) is 9.79 Å². The Kier molecular flexibility index (Phi) is 6.69. The van der Waals surface area contributed by atoms with E-state index >= 15 is 0 Å². The summed E-state index contributed by atoms with van der Waals surface area (Å²) in [5.41, 5.74) is 1.18. The molecule has 0 unspecified atom stereocenters. The van der Waals surface area contributed by atoms with Crippen molar-refractivity contribution in [2.24, 2.45) is 4.99 Å². The van der Waals surface area contributed by atoms with Crippen LogP contribution in [0.3, 0.4) is 0 Å². The van der Waals surface area contributed by atoms with Crippen LogP contribution >= 0.6 is 0 Å². The number of carbonyl (C=O) groups excluding carboxylic acids is 1. The predicted octanol–water partition coefficient (Wildman–Crippen LogP) is 2.46. The standard InChI is InChI=1S/C22H27FN4O2/c1-24-21(27-15-22(11-12-22)18-5-3-4-6-19(18)23)26-14-13-25-20(28)16-7-9-17(29-2)10-8-16/h3-10H,11-15H2,1-2H3,(H,25,28)(H2,24,26,27). The highest BCUT2D eigenvalue weighted by Gasteiger charge is 2.45. The number of hydrogen-bond donors (Lipinski definition) is 3. The highest BCUT2D eigenvalue weighted by atomic mass is 19.1. The van der Waals surface area contributed by atoms with Crippen LogP contribution in [0.2, 0.25) is 0 Å². The van der Waals surface area contributed by atoms with Crippen molar-refractivity contribution in [3.63, 3.8) is 0 Å². The van der Waals surface area contributed by atoms with Crippen LogP contribution in [0.1, 0.15) is 28.8 Å². The summed E-state index contributed by atoms with van der Waals surface area (Å²) in [6.45, 7) is 1.59. The number of benzene rings is 2. The molecule has 3 N–H and O–H groups in total. The minimum Gasteiger partial charge on any atom is -0.497 e. The Morgan fingerprint density at radius 1 is 1.07 bits per heavy atom. The van der Waals surface area contributed by atoms with Gasteiger partial charge in [0.2, 0.25) is 0 Å². The smallest absolute Gasteiger partial charge is 0.251 e. The molecule has 0 spiro atoms. The number of ether oxygens (including phenoxy) is 1. The van der Waals surface area contributed by atoms with E-state index in [4.69, 9.17) is 4.74 Å². The van der Waals surface area contributed by atoms with E-state index < -0.39 is 0 Å². The first kappa shape index (κ1) is 20.6. The minimum atomic E-state index is -0.161. The van der Waals surface area contributed by atoms with Crippen LogP contribution in [0.25, 0.3) is 0 Å². The van der Waals surface area contributed by atoms with Crippen molar-refractivity contribution in [3.05, 3.63) is 65.5 Å². The lowest BCUT2D eigenvalue weighted by Gasteiger charge is -2.19. The number of guanidine groups is 1. The lowest BCUT2D eigenvalue weighted by molar-refractivity contribution is 0.0954. The number of aliphatic imine (C=N–C) groups is 1. The number of nitrogens with zero attached hydrogens (tertiary/aromatic N) is 1. The normalized spacial score (nSPS) is 14.8. The van der Waals surface area contributed by atoms with Gasteiger partial charge in [-0.1, -0.05) is 18.2 Å². The average molecular weight is 398 g/mol. The van der Waals surface area contributed by atoms with Gasteiger partial charge in [0.1, 0.15) is 11.6 Å². The Morgan fingerprint density at radius 2 is 1.76 bits per heavy atom. The minimum absolute atomic E-state index is 0.145. The zero-order valence-electron chi connectivity index (χ0n) is 16.8. The lowest BCUT2D eigenvalue weighted by atomic mass is 9.95. The third kappa shape index (κ3) is 5.25. The van der Waals surface area contributed by atoms with Gasteiger partial charge in [-0.05, 0) is 48.7 Å². The third-order valence-corrected chi connectivity index (χ3v) is 5.17. The second-order valence-corrected chi connectivity index (χ2v) is 7.10. The van der Waals surface area contributed by atoms with Crippen molar-refractivity contribution in [2.45, 2.75) is 18.3 Å². The van der Waals surface area contributed by atoms with Crippen LogP contribution < -0.4 is 20.7 Å². The maximum atomic E-state index is 14.1. The van der Waals surface area contributed by atoms with Crippen LogP contribution in [0, 0.1) is 5.82 Å². The van der Waals surface area contributed by atoms with Crippen molar-refractivity contribution in [1.29, 1.82) is 0 Å². The van der Waals surface area contributed by atoms with E-state index in [-0.39, 0.29) is 17.1 Å². The number of nitrogens with one attached hydrogen (secondary N) is 3. The molecule has 0 bridgehead atoms. The topological polar surface area (TPSA) is 74.8 Å². The maximum Gasteiger partial charge on any atom is 0.251 e. The highest BCUT2D eigenvalue weighted by Crippen LogP contribution is 2.48. The van der Waals surface area contributed by atoms with Gasteiger partial charge in [0.15, 0.2) is 5.96 Å². The first-order chi connectivity index (χ1) is 14.1. The molecule has 0 aliphatic heterocycles. The van der Waals surface area contributed by atoms with E-state index in [1.54, 1.807) is 44.5 Å². The molecule has 0 saturated heterocycles.